The number of hydrogen-bond acceptors (Lipinski definition) is 2. The molecule has 0 saturated heterocycles. The first-order valence-electron chi connectivity index (χ1n) is 8.53. The minimum absolute atomic E-state index is 0.0112. The van der Waals surface area contributed by atoms with Crippen LogP contribution >= 0.6 is 0 Å². The zero-order valence-electron chi connectivity index (χ0n) is 14.0. The largest absolute Gasteiger partial charge is 0.294 e. The average molecular weight is 374 g/mol. The van der Waals surface area contributed by atoms with Crippen molar-refractivity contribution in [2.24, 2.45) is 23.7 Å². The van der Waals surface area contributed by atoms with Gasteiger partial charge >= 0.3 is 0 Å². The van der Waals surface area contributed by atoms with Crippen LogP contribution in [-0.2, 0) is 0 Å². The number of allylic oxidation sites excluding steroid dienone is 2. The Labute approximate surface area is 152 Å². The molecule has 2 aromatic rings. The third kappa shape index (κ3) is 2.89. The molecule has 2 aromatic carbocycles. The summed E-state index contributed by atoms with van der Waals surface area (Å²) in [4.78, 5) is 25.9. The maximum Gasteiger partial charge on any atom is 0.167 e. The van der Waals surface area contributed by atoms with Gasteiger partial charge in [-0.2, -0.15) is 0 Å². The van der Waals surface area contributed by atoms with Crippen molar-refractivity contribution >= 4 is 11.6 Å². The topological polar surface area (TPSA) is 34.1 Å². The molecule has 0 aliphatic heterocycles. The maximum atomic E-state index is 13.5. The Morgan fingerprint density at radius 1 is 0.667 bits per heavy atom. The number of carbonyl (C=O) groups is 2. The number of halogens is 4. The summed E-state index contributed by atoms with van der Waals surface area (Å²) in [7, 11) is 0. The summed E-state index contributed by atoms with van der Waals surface area (Å²) >= 11 is 0. The summed E-state index contributed by atoms with van der Waals surface area (Å²) in [6, 6.07) is 5.78. The lowest BCUT2D eigenvalue weighted by Gasteiger charge is -2.26. The van der Waals surface area contributed by atoms with Gasteiger partial charge in [0.15, 0.2) is 34.8 Å². The number of hydrogen-bond donors (Lipinski definition) is 0. The molecule has 4 atom stereocenters. The summed E-state index contributed by atoms with van der Waals surface area (Å²) in [6.45, 7) is 0. The molecule has 2 aliphatic carbocycles. The second-order valence-electron chi connectivity index (χ2n) is 6.99. The predicted octanol–water partition coefficient (Wildman–Crippen LogP) is 4.75. The van der Waals surface area contributed by atoms with Crippen molar-refractivity contribution in [1.29, 1.82) is 0 Å². The van der Waals surface area contributed by atoms with E-state index in [9.17, 15) is 27.2 Å². The number of ketones is 2. The molecule has 1 fully saturated rings. The molecule has 6 heteroatoms. The molecule has 0 N–H and O–H groups in total. The molecule has 0 radical (unpaired) electrons. The fourth-order valence-electron chi connectivity index (χ4n) is 4.22. The van der Waals surface area contributed by atoms with Gasteiger partial charge in [-0.3, -0.25) is 9.59 Å². The van der Waals surface area contributed by atoms with E-state index in [1.54, 1.807) is 0 Å². The van der Waals surface area contributed by atoms with E-state index in [2.05, 4.69) is 0 Å². The number of benzene rings is 2. The van der Waals surface area contributed by atoms with E-state index in [4.69, 9.17) is 0 Å². The van der Waals surface area contributed by atoms with Gasteiger partial charge in [0.05, 0.1) is 0 Å². The van der Waals surface area contributed by atoms with Crippen LogP contribution in [0.15, 0.2) is 48.6 Å². The van der Waals surface area contributed by atoms with Crippen LogP contribution in [0.4, 0.5) is 17.6 Å². The Balaban J connectivity index is 1.69. The minimum atomic E-state index is -1.14. The standard InChI is InChI=1S/C21H14F4O2/c22-14-5-3-12(8-16(14)24)20(26)18-10-1-2-11(7-10)19(18)21(27)13-4-6-15(23)17(25)9-13/h1-6,8-11,18-19H,7H2. The number of fused-ring (bicyclic) bond motifs is 2. The van der Waals surface area contributed by atoms with Gasteiger partial charge in [0.25, 0.3) is 0 Å². The van der Waals surface area contributed by atoms with Crippen molar-refractivity contribution in [1.82, 2.24) is 0 Å². The van der Waals surface area contributed by atoms with Crippen molar-refractivity contribution in [3.8, 4) is 0 Å². The third-order valence-electron chi connectivity index (χ3n) is 5.47. The molecule has 2 bridgehead atoms. The average Bonchev–Trinajstić information content (AvgIpc) is 3.26. The fraction of sp³-hybridized carbons (Fsp3) is 0.238. The zero-order chi connectivity index (χ0) is 19.3. The molecule has 4 rings (SSSR count). The van der Waals surface area contributed by atoms with Crippen LogP contribution in [0.25, 0.3) is 0 Å². The lowest BCUT2D eigenvalue weighted by atomic mass is 9.75. The predicted molar refractivity (Wildman–Crippen MR) is 89.1 cm³/mol. The SMILES string of the molecule is O=C(c1ccc(F)c(F)c1)C1C2C=CC(C2)C1C(=O)c1ccc(F)c(F)c1. The van der Waals surface area contributed by atoms with Gasteiger partial charge < -0.3 is 0 Å². The van der Waals surface area contributed by atoms with Crippen LogP contribution in [0.3, 0.4) is 0 Å². The Kier molecular flexibility index (Phi) is 4.21. The number of carbonyl (C=O) groups excluding carboxylic acids is 2. The van der Waals surface area contributed by atoms with Crippen molar-refractivity contribution in [3.63, 3.8) is 0 Å². The van der Waals surface area contributed by atoms with Gasteiger partial charge in [-0.05, 0) is 54.7 Å². The first-order valence-corrected chi connectivity index (χ1v) is 8.53. The molecule has 2 aliphatic rings. The van der Waals surface area contributed by atoms with Crippen LogP contribution in [0, 0.1) is 46.9 Å². The van der Waals surface area contributed by atoms with Gasteiger partial charge in [-0.25, -0.2) is 17.6 Å². The lowest BCUT2D eigenvalue weighted by Crippen LogP contribution is -2.33. The van der Waals surface area contributed by atoms with Crippen LogP contribution in [0.5, 0.6) is 0 Å². The number of Topliss-reactive ketones (excluding diaryl/α,β-unsaturated/α-hetero) is 2. The van der Waals surface area contributed by atoms with Crippen LogP contribution < -0.4 is 0 Å². The van der Waals surface area contributed by atoms with Gasteiger partial charge in [-0.15, -0.1) is 0 Å². The highest BCUT2D eigenvalue weighted by molar-refractivity contribution is 6.06. The molecule has 138 valence electrons. The Morgan fingerprint density at radius 3 is 1.44 bits per heavy atom. The highest BCUT2D eigenvalue weighted by atomic mass is 19.2. The molecule has 0 aromatic heterocycles. The third-order valence-corrected chi connectivity index (χ3v) is 5.47. The van der Waals surface area contributed by atoms with Crippen molar-refractivity contribution in [2.75, 3.05) is 0 Å². The summed E-state index contributed by atoms with van der Waals surface area (Å²) in [6.07, 6.45) is 4.28. The molecule has 4 unspecified atom stereocenters. The molecule has 0 amide bonds. The van der Waals surface area contributed by atoms with E-state index < -0.39 is 46.7 Å². The Morgan fingerprint density at radius 2 is 1.07 bits per heavy atom. The van der Waals surface area contributed by atoms with E-state index >= 15 is 0 Å². The molecule has 1 saturated carbocycles. The van der Waals surface area contributed by atoms with E-state index in [-0.39, 0.29) is 23.0 Å². The van der Waals surface area contributed by atoms with E-state index in [1.165, 1.54) is 12.1 Å². The molecular weight excluding hydrogens is 360 g/mol. The molecule has 0 spiro atoms. The summed E-state index contributed by atoms with van der Waals surface area (Å²) < 4.78 is 53.4. The van der Waals surface area contributed by atoms with Crippen molar-refractivity contribution in [3.05, 3.63) is 82.9 Å². The summed E-state index contributed by atoms with van der Waals surface area (Å²) in [5, 5.41) is 0. The van der Waals surface area contributed by atoms with Crippen LogP contribution in [0.2, 0.25) is 0 Å². The van der Waals surface area contributed by atoms with Crippen LogP contribution in [0.1, 0.15) is 27.1 Å². The molecule has 27 heavy (non-hydrogen) atoms. The zero-order valence-corrected chi connectivity index (χ0v) is 14.0. The summed E-state index contributed by atoms with van der Waals surface area (Å²) in [5.41, 5.74) is -0.0223. The van der Waals surface area contributed by atoms with Crippen molar-refractivity contribution in [2.45, 2.75) is 6.42 Å². The monoisotopic (exact) mass is 374 g/mol. The molecular formula is C21H14F4O2. The summed E-state index contributed by atoms with van der Waals surface area (Å²) in [5.74, 6) is -7.19. The first kappa shape index (κ1) is 17.6. The highest BCUT2D eigenvalue weighted by Crippen LogP contribution is 2.50. The molecule has 0 heterocycles. The van der Waals surface area contributed by atoms with E-state index in [0.717, 1.165) is 24.3 Å². The maximum absolute atomic E-state index is 13.5. The van der Waals surface area contributed by atoms with Gasteiger partial charge in [0, 0.05) is 23.0 Å². The normalized spacial score (nSPS) is 25.8. The van der Waals surface area contributed by atoms with Crippen molar-refractivity contribution < 1.29 is 27.2 Å². The second-order valence-corrected chi connectivity index (χ2v) is 6.99. The quantitative estimate of drug-likeness (QED) is 0.440. The Hall–Kier alpha value is -2.76. The van der Waals surface area contributed by atoms with E-state index in [0.29, 0.717) is 6.42 Å². The smallest absolute Gasteiger partial charge is 0.167 e. The fourth-order valence-corrected chi connectivity index (χ4v) is 4.22. The van der Waals surface area contributed by atoms with Gasteiger partial charge in [0.1, 0.15) is 0 Å². The lowest BCUT2D eigenvalue weighted by molar-refractivity contribution is 0.0752. The van der Waals surface area contributed by atoms with Crippen LogP contribution in [-0.4, -0.2) is 11.6 Å². The molecule has 2 nitrogen and oxygen atoms in total. The first-order chi connectivity index (χ1) is 12.9. The number of rotatable bonds is 4. The highest BCUT2D eigenvalue weighted by Gasteiger charge is 2.51. The van der Waals surface area contributed by atoms with Gasteiger partial charge in [0.2, 0.25) is 0 Å². The Bertz CT molecular complexity index is 905. The second kappa shape index (κ2) is 6.44. The minimum Gasteiger partial charge on any atom is -0.294 e. The van der Waals surface area contributed by atoms with Gasteiger partial charge in [-0.1, -0.05) is 12.2 Å². The van der Waals surface area contributed by atoms with E-state index in [1.807, 2.05) is 12.2 Å².